The molecule has 0 saturated carbocycles. The summed E-state index contributed by atoms with van der Waals surface area (Å²) in [4.78, 5) is 11.8. The number of nitrogens with zero attached hydrogens (tertiary/aromatic N) is 3. The second-order valence-corrected chi connectivity index (χ2v) is 3.40. The Kier molecular flexibility index (Phi) is 2.09. The number of hydrogen-bond donors (Lipinski definition) is 0. The van der Waals surface area contributed by atoms with Crippen LogP contribution in [0.25, 0.3) is 11.0 Å². The van der Waals surface area contributed by atoms with Crippen LogP contribution in [0.15, 0.2) is 23.0 Å². The maximum atomic E-state index is 11.8. The van der Waals surface area contributed by atoms with Gasteiger partial charge in [0.2, 0.25) is 0 Å². The second kappa shape index (κ2) is 3.28. The third-order valence-corrected chi connectivity index (χ3v) is 2.59. The van der Waals surface area contributed by atoms with Crippen molar-refractivity contribution in [3.63, 3.8) is 0 Å². The van der Waals surface area contributed by atoms with Crippen LogP contribution < -0.4 is 5.69 Å². The molecule has 76 valence electrons. The van der Waals surface area contributed by atoms with Gasteiger partial charge in [-0.1, -0.05) is 0 Å². The zero-order chi connectivity index (χ0) is 11.0. The summed E-state index contributed by atoms with van der Waals surface area (Å²) in [7, 11) is 1.72. The lowest BCUT2D eigenvalue weighted by molar-refractivity contribution is 0.712. The van der Waals surface area contributed by atoms with Gasteiger partial charge in [0, 0.05) is 13.6 Å². The lowest BCUT2D eigenvalue weighted by Crippen LogP contribution is -2.21. The van der Waals surface area contributed by atoms with Crippen molar-refractivity contribution in [3.05, 3.63) is 34.2 Å². The van der Waals surface area contributed by atoms with E-state index < -0.39 is 0 Å². The highest BCUT2D eigenvalue weighted by atomic mass is 16.1. The maximum Gasteiger partial charge on any atom is 0.328 e. The van der Waals surface area contributed by atoms with Gasteiger partial charge in [-0.05, 0) is 25.1 Å². The summed E-state index contributed by atoms with van der Waals surface area (Å²) in [5.74, 6) is 0. The number of imidazole rings is 1. The number of nitriles is 1. The number of benzene rings is 1. The third-order valence-electron chi connectivity index (χ3n) is 2.59. The van der Waals surface area contributed by atoms with Crippen molar-refractivity contribution in [2.45, 2.75) is 13.5 Å². The molecular formula is C11H11N3O. The van der Waals surface area contributed by atoms with Gasteiger partial charge in [0.25, 0.3) is 0 Å². The van der Waals surface area contributed by atoms with E-state index in [0.717, 1.165) is 11.0 Å². The van der Waals surface area contributed by atoms with E-state index >= 15 is 0 Å². The molecule has 0 spiro atoms. The number of fused-ring (bicyclic) bond motifs is 1. The highest BCUT2D eigenvalue weighted by Crippen LogP contribution is 2.13. The monoisotopic (exact) mass is 201 g/mol. The molecular weight excluding hydrogens is 190 g/mol. The maximum absolute atomic E-state index is 11.8. The van der Waals surface area contributed by atoms with Crippen molar-refractivity contribution in [1.82, 2.24) is 9.13 Å². The minimum absolute atomic E-state index is 0.0393. The first kappa shape index (κ1) is 9.53. The molecule has 0 aliphatic heterocycles. The third kappa shape index (κ3) is 1.24. The predicted molar refractivity (Wildman–Crippen MR) is 57.6 cm³/mol. The van der Waals surface area contributed by atoms with Gasteiger partial charge in [0.1, 0.15) is 0 Å². The summed E-state index contributed by atoms with van der Waals surface area (Å²) in [6.07, 6.45) is 0. The molecule has 0 N–H and O–H groups in total. The van der Waals surface area contributed by atoms with E-state index in [1.165, 1.54) is 0 Å². The van der Waals surface area contributed by atoms with E-state index in [1.807, 2.05) is 13.0 Å². The average Bonchev–Trinajstić information content (AvgIpc) is 2.51. The van der Waals surface area contributed by atoms with Gasteiger partial charge in [0.05, 0.1) is 22.7 Å². The van der Waals surface area contributed by atoms with Gasteiger partial charge >= 0.3 is 5.69 Å². The molecule has 15 heavy (non-hydrogen) atoms. The highest BCUT2D eigenvalue weighted by molar-refractivity contribution is 5.77. The Morgan fingerprint density at radius 2 is 2.13 bits per heavy atom. The van der Waals surface area contributed by atoms with Gasteiger partial charge in [0.15, 0.2) is 0 Å². The number of hydrogen-bond acceptors (Lipinski definition) is 2. The van der Waals surface area contributed by atoms with E-state index in [1.54, 1.807) is 28.3 Å². The van der Waals surface area contributed by atoms with Crippen LogP contribution in [0.3, 0.4) is 0 Å². The molecule has 1 aromatic heterocycles. The van der Waals surface area contributed by atoms with Gasteiger partial charge in [-0.25, -0.2) is 4.79 Å². The Hall–Kier alpha value is -2.02. The highest BCUT2D eigenvalue weighted by Gasteiger charge is 2.09. The fraction of sp³-hybridized carbons (Fsp3) is 0.273. The van der Waals surface area contributed by atoms with E-state index in [2.05, 4.69) is 6.07 Å². The topological polar surface area (TPSA) is 50.7 Å². The first-order valence-corrected chi connectivity index (χ1v) is 4.78. The lowest BCUT2D eigenvalue weighted by atomic mass is 10.2. The molecule has 2 aromatic rings. The zero-order valence-electron chi connectivity index (χ0n) is 8.69. The minimum Gasteiger partial charge on any atom is -0.295 e. The largest absolute Gasteiger partial charge is 0.328 e. The normalized spacial score (nSPS) is 10.5. The van der Waals surface area contributed by atoms with Gasteiger partial charge in [-0.15, -0.1) is 0 Å². The first-order valence-electron chi connectivity index (χ1n) is 4.78. The molecule has 1 heterocycles. The fourth-order valence-corrected chi connectivity index (χ4v) is 1.78. The van der Waals surface area contributed by atoms with E-state index in [0.29, 0.717) is 12.1 Å². The predicted octanol–water partition coefficient (Wildman–Crippen LogP) is 1.23. The molecule has 1 aromatic carbocycles. The summed E-state index contributed by atoms with van der Waals surface area (Å²) >= 11 is 0. The van der Waals surface area contributed by atoms with Crippen molar-refractivity contribution in [2.75, 3.05) is 0 Å². The van der Waals surface area contributed by atoms with Crippen molar-refractivity contribution in [1.29, 1.82) is 5.26 Å². The first-order chi connectivity index (χ1) is 7.19. The second-order valence-electron chi connectivity index (χ2n) is 3.40. The van der Waals surface area contributed by atoms with Crippen molar-refractivity contribution in [2.24, 2.45) is 7.05 Å². The minimum atomic E-state index is -0.0393. The Labute approximate surface area is 87.0 Å². The molecule has 0 unspecified atom stereocenters. The quantitative estimate of drug-likeness (QED) is 0.696. The molecule has 2 rings (SSSR count). The van der Waals surface area contributed by atoms with Crippen LogP contribution in [0.5, 0.6) is 0 Å². The van der Waals surface area contributed by atoms with Crippen molar-refractivity contribution >= 4 is 11.0 Å². The average molecular weight is 201 g/mol. The van der Waals surface area contributed by atoms with Gasteiger partial charge in [-0.3, -0.25) is 9.13 Å². The molecule has 0 aliphatic carbocycles. The SMILES string of the molecule is CCn1c(=O)n(C)c2cc(C#N)ccc21. The number of aryl methyl sites for hydroxylation is 2. The van der Waals surface area contributed by atoms with E-state index in [4.69, 9.17) is 5.26 Å². The van der Waals surface area contributed by atoms with Crippen LogP contribution in [0, 0.1) is 11.3 Å². The molecule has 4 nitrogen and oxygen atoms in total. The van der Waals surface area contributed by atoms with Crippen LogP contribution in [-0.2, 0) is 13.6 Å². The number of aromatic nitrogens is 2. The van der Waals surface area contributed by atoms with Crippen molar-refractivity contribution in [3.8, 4) is 6.07 Å². The zero-order valence-corrected chi connectivity index (χ0v) is 8.69. The summed E-state index contributed by atoms with van der Waals surface area (Å²) in [5.41, 5.74) is 2.22. The van der Waals surface area contributed by atoms with Gasteiger partial charge < -0.3 is 0 Å². The van der Waals surface area contributed by atoms with Crippen LogP contribution in [0.4, 0.5) is 0 Å². The molecule has 0 radical (unpaired) electrons. The molecule has 0 fully saturated rings. The van der Waals surface area contributed by atoms with Crippen LogP contribution in [-0.4, -0.2) is 9.13 Å². The summed E-state index contributed by atoms with van der Waals surface area (Å²) in [5, 5.41) is 8.78. The summed E-state index contributed by atoms with van der Waals surface area (Å²) in [6, 6.07) is 7.36. The molecule has 0 atom stereocenters. The molecule has 0 bridgehead atoms. The summed E-state index contributed by atoms with van der Waals surface area (Å²) < 4.78 is 3.26. The molecule has 4 heteroatoms. The van der Waals surface area contributed by atoms with Crippen LogP contribution >= 0.6 is 0 Å². The lowest BCUT2D eigenvalue weighted by Gasteiger charge is -1.96. The standard InChI is InChI=1S/C11H11N3O/c1-3-14-9-5-4-8(7-12)6-10(9)13(2)11(14)15/h4-6H,3H2,1-2H3. The van der Waals surface area contributed by atoms with Crippen molar-refractivity contribution < 1.29 is 0 Å². The summed E-state index contributed by atoms with van der Waals surface area (Å²) in [6.45, 7) is 2.57. The fourth-order valence-electron chi connectivity index (χ4n) is 1.78. The Morgan fingerprint density at radius 3 is 2.73 bits per heavy atom. The Bertz CT molecular complexity index is 613. The molecule has 0 aliphatic rings. The van der Waals surface area contributed by atoms with Gasteiger partial charge in [-0.2, -0.15) is 5.26 Å². The Balaban J connectivity index is 2.92. The van der Waals surface area contributed by atoms with Crippen LogP contribution in [0.2, 0.25) is 0 Å². The smallest absolute Gasteiger partial charge is 0.295 e. The Morgan fingerprint density at radius 1 is 1.40 bits per heavy atom. The van der Waals surface area contributed by atoms with Crippen LogP contribution in [0.1, 0.15) is 12.5 Å². The molecule has 0 amide bonds. The number of rotatable bonds is 1. The van der Waals surface area contributed by atoms with E-state index in [9.17, 15) is 4.79 Å². The molecule has 0 saturated heterocycles. The van der Waals surface area contributed by atoms with E-state index in [-0.39, 0.29) is 5.69 Å².